The first-order valence-electron chi connectivity index (χ1n) is 6.40. The lowest BCUT2D eigenvalue weighted by Crippen LogP contribution is -2.35. The third-order valence-electron chi connectivity index (χ3n) is 4.03. The number of aliphatic hydroxyl groups is 1. The van der Waals surface area contributed by atoms with Crippen molar-refractivity contribution in [2.45, 2.75) is 31.3 Å². The lowest BCUT2D eigenvalue weighted by Gasteiger charge is -2.39. The number of aromatic nitrogens is 1. The Morgan fingerprint density at radius 3 is 2.83 bits per heavy atom. The zero-order valence-electron chi connectivity index (χ0n) is 10.5. The van der Waals surface area contributed by atoms with E-state index in [4.69, 9.17) is 0 Å². The molecule has 2 atom stereocenters. The number of hydrogen-bond donors (Lipinski definition) is 1. The molecular weight excluding hydrogens is 222 g/mol. The Morgan fingerprint density at radius 1 is 1.22 bits per heavy atom. The van der Waals surface area contributed by atoms with Crippen molar-refractivity contribution in [2.24, 2.45) is 0 Å². The van der Waals surface area contributed by atoms with E-state index >= 15 is 0 Å². The topological polar surface area (TPSA) is 33.1 Å². The number of benzene rings is 1. The quantitative estimate of drug-likeness (QED) is 0.829. The van der Waals surface area contributed by atoms with Crippen molar-refractivity contribution in [3.63, 3.8) is 0 Å². The molecule has 18 heavy (non-hydrogen) atoms. The third-order valence-corrected chi connectivity index (χ3v) is 4.03. The molecule has 0 amide bonds. The van der Waals surface area contributed by atoms with Crippen molar-refractivity contribution >= 4 is 0 Å². The van der Waals surface area contributed by atoms with Crippen LogP contribution in [-0.4, -0.2) is 10.1 Å². The van der Waals surface area contributed by atoms with Crippen molar-refractivity contribution < 1.29 is 5.11 Å². The first kappa shape index (κ1) is 11.4. The van der Waals surface area contributed by atoms with Gasteiger partial charge in [-0.25, -0.2) is 0 Å². The maximum Gasteiger partial charge on any atom is 0.0940 e. The van der Waals surface area contributed by atoms with E-state index in [-0.39, 0.29) is 5.92 Å². The van der Waals surface area contributed by atoms with E-state index in [0.717, 1.165) is 24.0 Å². The van der Waals surface area contributed by atoms with E-state index in [1.807, 2.05) is 37.4 Å². The van der Waals surface area contributed by atoms with Crippen LogP contribution in [0, 0.1) is 0 Å². The van der Waals surface area contributed by atoms with E-state index in [1.165, 1.54) is 5.56 Å². The van der Waals surface area contributed by atoms with Gasteiger partial charge in [-0.05, 0) is 42.5 Å². The van der Waals surface area contributed by atoms with Crippen LogP contribution >= 0.6 is 0 Å². The normalized spacial score (nSPS) is 26.7. The van der Waals surface area contributed by atoms with Crippen LogP contribution in [0.2, 0.25) is 0 Å². The van der Waals surface area contributed by atoms with Gasteiger partial charge in [-0.1, -0.05) is 30.3 Å². The van der Waals surface area contributed by atoms with Crippen LogP contribution in [0.1, 0.15) is 36.0 Å². The molecular formula is C16H17NO. The zero-order valence-corrected chi connectivity index (χ0v) is 10.5. The fraction of sp³-hybridized carbons (Fsp3) is 0.312. The van der Waals surface area contributed by atoms with Gasteiger partial charge in [0.1, 0.15) is 0 Å². The summed E-state index contributed by atoms with van der Waals surface area (Å²) in [6.45, 7) is 1.92. The summed E-state index contributed by atoms with van der Waals surface area (Å²) in [5.41, 5.74) is 2.64. The zero-order chi connectivity index (χ0) is 12.6. The van der Waals surface area contributed by atoms with E-state index in [9.17, 15) is 5.11 Å². The van der Waals surface area contributed by atoms with Crippen LogP contribution in [0.3, 0.4) is 0 Å². The predicted molar refractivity (Wildman–Crippen MR) is 71.3 cm³/mol. The third kappa shape index (κ3) is 1.73. The van der Waals surface area contributed by atoms with Crippen molar-refractivity contribution in [2.75, 3.05) is 0 Å². The summed E-state index contributed by atoms with van der Waals surface area (Å²) in [7, 11) is 0. The number of fused-ring (bicyclic) bond motifs is 1. The smallest absolute Gasteiger partial charge is 0.0940 e. The van der Waals surface area contributed by atoms with Crippen molar-refractivity contribution in [1.29, 1.82) is 0 Å². The first-order valence-corrected chi connectivity index (χ1v) is 6.40. The van der Waals surface area contributed by atoms with Gasteiger partial charge in [0.25, 0.3) is 0 Å². The Labute approximate surface area is 107 Å². The second kappa shape index (κ2) is 4.21. The lowest BCUT2D eigenvalue weighted by atomic mass is 9.70. The van der Waals surface area contributed by atoms with E-state index in [1.54, 1.807) is 6.20 Å². The minimum Gasteiger partial charge on any atom is -0.385 e. The highest BCUT2D eigenvalue weighted by Gasteiger charge is 2.39. The molecule has 2 nitrogen and oxygen atoms in total. The molecule has 1 aromatic carbocycles. The molecule has 0 unspecified atom stereocenters. The van der Waals surface area contributed by atoms with Crippen LogP contribution in [0.25, 0.3) is 0 Å². The van der Waals surface area contributed by atoms with Gasteiger partial charge in [-0.15, -0.1) is 0 Å². The van der Waals surface area contributed by atoms with Gasteiger partial charge in [0.2, 0.25) is 0 Å². The summed E-state index contributed by atoms with van der Waals surface area (Å²) in [6.07, 6.45) is 5.63. The van der Waals surface area contributed by atoms with E-state index in [0.29, 0.717) is 0 Å². The van der Waals surface area contributed by atoms with E-state index < -0.39 is 5.60 Å². The Kier molecular flexibility index (Phi) is 2.67. The van der Waals surface area contributed by atoms with Crippen molar-refractivity contribution in [3.8, 4) is 0 Å². The summed E-state index contributed by atoms with van der Waals surface area (Å²) in [4.78, 5) is 4.17. The average Bonchev–Trinajstić information content (AvgIpc) is 2.40. The lowest BCUT2D eigenvalue weighted by molar-refractivity contribution is 0.0159. The Balaban J connectivity index is 2.06. The van der Waals surface area contributed by atoms with Gasteiger partial charge in [0.05, 0.1) is 5.60 Å². The molecule has 92 valence electrons. The van der Waals surface area contributed by atoms with E-state index in [2.05, 4.69) is 17.1 Å². The second-order valence-electron chi connectivity index (χ2n) is 5.18. The minimum atomic E-state index is -0.808. The molecule has 2 heteroatoms. The molecule has 3 rings (SSSR count). The molecule has 1 aliphatic rings. The van der Waals surface area contributed by atoms with Crippen LogP contribution in [-0.2, 0) is 12.0 Å². The molecule has 0 bridgehead atoms. The maximum absolute atomic E-state index is 10.9. The van der Waals surface area contributed by atoms with Gasteiger partial charge in [0, 0.05) is 18.3 Å². The van der Waals surface area contributed by atoms with Crippen molar-refractivity contribution in [3.05, 3.63) is 65.5 Å². The highest BCUT2D eigenvalue weighted by molar-refractivity contribution is 5.39. The monoisotopic (exact) mass is 239 g/mol. The van der Waals surface area contributed by atoms with Crippen molar-refractivity contribution in [1.82, 2.24) is 4.98 Å². The predicted octanol–water partition coefficient (Wildman–Crippen LogP) is 3.02. The molecule has 1 heterocycles. The van der Waals surface area contributed by atoms with Gasteiger partial charge in [-0.3, -0.25) is 4.98 Å². The molecule has 1 aromatic heterocycles. The van der Waals surface area contributed by atoms with Crippen LogP contribution < -0.4 is 0 Å². The van der Waals surface area contributed by atoms with Crippen LogP contribution in [0.5, 0.6) is 0 Å². The number of nitrogens with zero attached hydrogens (tertiary/aromatic N) is 1. The molecule has 0 spiro atoms. The number of aryl methyl sites for hydroxylation is 1. The SMILES string of the molecule is C[C@@]1(O)c2ccccc2CC[C@H]1c1cccnc1. The van der Waals surface area contributed by atoms with Gasteiger partial charge in [-0.2, -0.15) is 0 Å². The summed E-state index contributed by atoms with van der Waals surface area (Å²) >= 11 is 0. The Morgan fingerprint density at radius 2 is 2.06 bits per heavy atom. The summed E-state index contributed by atoms with van der Waals surface area (Å²) in [5, 5.41) is 10.9. The largest absolute Gasteiger partial charge is 0.385 e. The highest BCUT2D eigenvalue weighted by Crippen LogP contribution is 2.44. The van der Waals surface area contributed by atoms with Gasteiger partial charge < -0.3 is 5.11 Å². The fourth-order valence-electron chi connectivity index (χ4n) is 3.07. The summed E-state index contributed by atoms with van der Waals surface area (Å²) in [5.74, 6) is 0.126. The molecule has 0 radical (unpaired) electrons. The van der Waals surface area contributed by atoms with Crippen LogP contribution in [0.15, 0.2) is 48.8 Å². The minimum absolute atomic E-state index is 0.126. The number of pyridine rings is 1. The highest BCUT2D eigenvalue weighted by atomic mass is 16.3. The molecule has 0 fully saturated rings. The molecule has 0 saturated carbocycles. The molecule has 1 aliphatic carbocycles. The summed E-state index contributed by atoms with van der Waals surface area (Å²) in [6, 6.07) is 12.2. The molecule has 2 aromatic rings. The standard InChI is InChI=1S/C16H17NO/c1-16(18)14-7-3-2-5-12(14)8-9-15(16)13-6-4-10-17-11-13/h2-7,10-11,15,18H,8-9H2,1H3/t15-,16+/m0/s1. The fourth-order valence-corrected chi connectivity index (χ4v) is 3.07. The summed E-state index contributed by atoms with van der Waals surface area (Å²) < 4.78 is 0. The van der Waals surface area contributed by atoms with Gasteiger partial charge >= 0.3 is 0 Å². The second-order valence-corrected chi connectivity index (χ2v) is 5.18. The molecule has 0 saturated heterocycles. The number of hydrogen-bond acceptors (Lipinski definition) is 2. The van der Waals surface area contributed by atoms with Gasteiger partial charge in [0.15, 0.2) is 0 Å². The molecule has 1 N–H and O–H groups in total. The average molecular weight is 239 g/mol. The Bertz CT molecular complexity index is 548. The number of rotatable bonds is 1. The molecule has 0 aliphatic heterocycles. The van der Waals surface area contributed by atoms with Crippen LogP contribution in [0.4, 0.5) is 0 Å². The maximum atomic E-state index is 10.9. The first-order chi connectivity index (χ1) is 8.69. The Hall–Kier alpha value is -1.67.